The predicted molar refractivity (Wildman–Crippen MR) is 112 cm³/mol. The lowest BCUT2D eigenvalue weighted by atomic mass is 10.1. The number of amides is 3. The lowest BCUT2D eigenvalue weighted by molar-refractivity contribution is 0.0630. The van der Waals surface area contributed by atoms with Gasteiger partial charge in [0.15, 0.2) is 5.82 Å². The molecule has 1 atom stereocenters. The van der Waals surface area contributed by atoms with E-state index in [0.717, 1.165) is 17.1 Å². The van der Waals surface area contributed by atoms with Gasteiger partial charge >= 0.3 is 6.03 Å². The molecule has 30 heavy (non-hydrogen) atoms. The Hall–Kier alpha value is -3.68. The van der Waals surface area contributed by atoms with E-state index < -0.39 is 0 Å². The van der Waals surface area contributed by atoms with E-state index in [1.807, 2.05) is 59.0 Å². The lowest BCUT2D eigenvalue weighted by Gasteiger charge is -2.33. The van der Waals surface area contributed by atoms with Crippen LogP contribution in [0.4, 0.5) is 10.5 Å². The van der Waals surface area contributed by atoms with Gasteiger partial charge in [-0.05, 0) is 25.1 Å². The summed E-state index contributed by atoms with van der Waals surface area (Å²) >= 11 is 0. The Balaban J connectivity index is 1.40. The number of urea groups is 1. The van der Waals surface area contributed by atoms with Crippen molar-refractivity contribution in [1.29, 1.82) is 0 Å². The molecule has 5 rings (SSSR count). The number of aromatic nitrogens is 3. The van der Waals surface area contributed by atoms with Crippen molar-refractivity contribution in [2.24, 2.45) is 0 Å². The quantitative estimate of drug-likeness (QED) is 0.730. The van der Waals surface area contributed by atoms with Gasteiger partial charge in [0.05, 0.1) is 12.6 Å². The summed E-state index contributed by atoms with van der Waals surface area (Å²) in [7, 11) is 0. The molecule has 1 fully saturated rings. The first-order valence-electron chi connectivity index (χ1n) is 10.1. The zero-order valence-corrected chi connectivity index (χ0v) is 16.7. The van der Waals surface area contributed by atoms with Gasteiger partial charge in [0.2, 0.25) is 0 Å². The van der Waals surface area contributed by atoms with Crippen molar-refractivity contribution in [3.05, 3.63) is 66.0 Å². The highest BCUT2D eigenvalue weighted by Crippen LogP contribution is 2.28. The molecule has 0 saturated carbocycles. The molecule has 2 aliphatic heterocycles. The molecule has 0 radical (unpaired) electrons. The molecule has 2 aromatic carbocycles. The Bertz CT molecular complexity index is 1110. The highest BCUT2D eigenvalue weighted by atomic mass is 16.2. The van der Waals surface area contributed by atoms with Crippen molar-refractivity contribution in [3.63, 3.8) is 0 Å². The van der Waals surface area contributed by atoms with Crippen LogP contribution in [0.15, 0.2) is 54.6 Å². The van der Waals surface area contributed by atoms with E-state index in [9.17, 15) is 9.59 Å². The highest BCUT2D eigenvalue weighted by molar-refractivity contribution is 5.98. The van der Waals surface area contributed by atoms with Crippen LogP contribution in [0.1, 0.15) is 29.1 Å². The van der Waals surface area contributed by atoms with Gasteiger partial charge in [-0.3, -0.25) is 9.69 Å². The largest absolute Gasteiger partial charge is 0.336 e. The highest BCUT2D eigenvalue weighted by Gasteiger charge is 2.32. The molecule has 8 nitrogen and oxygen atoms in total. The smallest absolute Gasteiger partial charge is 0.321 e. The van der Waals surface area contributed by atoms with Crippen LogP contribution in [0.25, 0.3) is 11.4 Å². The van der Waals surface area contributed by atoms with Crippen molar-refractivity contribution in [2.75, 3.05) is 24.5 Å². The average molecular weight is 402 g/mol. The maximum Gasteiger partial charge on any atom is 0.321 e. The van der Waals surface area contributed by atoms with Gasteiger partial charge in [-0.1, -0.05) is 36.4 Å². The molecular formula is C22H22N6O2. The monoisotopic (exact) mass is 402 g/mol. The number of anilines is 1. The summed E-state index contributed by atoms with van der Waals surface area (Å²) in [5.41, 5.74) is 2.26. The van der Waals surface area contributed by atoms with Crippen molar-refractivity contribution in [2.45, 2.75) is 19.5 Å². The molecule has 1 N–H and O–H groups in total. The van der Waals surface area contributed by atoms with Crippen LogP contribution < -0.4 is 10.2 Å². The number of nitrogens with zero attached hydrogens (tertiary/aromatic N) is 5. The zero-order valence-electron chi connectivity index (χ0n) is 16.7. The van der Waals surface area contributed by atoms with Crippen LogP contribution in [0.3, 0.4) is 0 Å². The Morgan fingerprint density at radius 3 is 2.67 bits per heavy atom. The Morgan fingerprint density at radius 2 is 1.90 bits per heavy atom. The second kappa shape index (κ2) is 7.29. The van der Waals surface area contributed by atoms with Crippen molar-refractivity contribution < 1.29 is 9.59 Å². The number of carbonyl (C=O) groups excluding carboxylic acids is 2. The van der Waals surface area contributed by atoms with E-state index in [0.29, 0.717) is 37.6 Å². The normalized spacial score (nSPS) is 18.3. The Labute approximate surface area is 174 Å². The number of fused-ring (bicyclic) bond motifs is 1. The molecule has 1 aromatic heterocycles. The second-order valence-electron chi connectivity index (χ2n) is 7.49. The number of carbonyl (C=O) groups is 2. The van der Waals surface area contributed by atoms with E-state index in [4.69, 9.17) is 4.98 Å². The fourth-order valence-corrected chi connectivity index (χ4v) is 4.04. The minimum absolute atomic E-state index is 0.0699. The molecule has 0 spiro atoms. The summed E-state index contributed by atoms with van der Waals surface area (Å²) in [6.07, 6.45) is 0. The van der Waals surface area contributed by atoms with Crippen LogP contribution in [-0.4, -0.2) is 51.2 Å². The van der Waals surface area contributed by atoms with E-state index in [2.05, 4.69) is 10.4 Å². The summed E-state index contributed by atoms with van der Waals surface area (Å²) in [6.45, 7) is 4.34. The fraction of sp³-hybridized carbons (Fsp3) is 0.273. The minimum atomic E-state index is -0.199. The van der Waals surface area contributed by atoms with E-state index in [-0.39, 0.29) is 18.0 Å². The molecular weight excluding hydrogens is 380 g/mol. The molecule has 0 unspecified atom stereocenters. The van der Waals surface area contributed by atoms with Crippen molar-refractivity contribution in [1.82, 2.24) is 25.0 Å². The molecule has 152 valence electrons. The lowest BCUT2D eigenvalue weighted by Crippen LogP contribution is -2.41. The van der Waals surface area contributed by atoms with Crippen molar-refractivity contribution in [3.8, 4) is 11.4 Å². The van der Waals surface area contributed by atoms with E-state index in [1.54, 1.807) is 17.0 Å². The van der Waals surface area contributed by atoms with Gasteiger partial charge < -0.3 is 10.2 Å². The fourth-order valence-electron chi connectivity index (χ4n) is 4.04. The molecule has 8 heteroatoms. The van der Waals surface area contributed by atoms with Crippen molar-refractivity contribution >= 4 is 17.6 Å². The average Bonchev–Trinajstić information content (AvgIpc) is 3.41. The third-order valence-corrected chi connectivity index (χ3v) is 5.65. The van der Waals surface area contributed by atoms with Gasteiger partial charge in [0.1, 0.15) is 5.82 Å². The Kier molecular flexibility index (Phi) is 4.46. The van der Waals surface area contributed by atoms with Gasteiger partial charge in [0.25, 0.3) is 5.91 Å². The van der Waals surface area contributed by atoms with E-state index in [1.165, 1.54) is 0 Å². The van der Waals surface area contributed by atoms with Gasteiger partial charge in [-0.25, -0.2) is 14.5 Å². The first-order chi connectivity index (χ1) is 14.6. The maximum atomic E-state index is 13.3. The molecule has 3 aromatic rings. The number of rotatable bonds is 3. The number of hydrogen-bond acceptors (Lipinski definition) is 4. The molecule has 1 saturated heterocycles. The van der Waals surface area contributed by atoms with Gasteiger partial charge in [-0.15, -0.1) is 0 Å². The topological polar surface area (TPSA) is 83.4 Å². The molecule has 0 aliphatic carbocycles. The third-order valence-electron chi connectivity index (χ3n) is 5.65. The summed E-state index contributed by atoms with van der Waals surface area (Å²) in [4.78, 5) is 33.5. The molecule has 2 aliphatic rings. The number of hydrogen-bond donors (Lipinski definition) is 1. The first kappa shape index (κ1) is 18.4. The third kappa shape index (κ3) is 3.10. The van der Waals surface area contributed by atoms with Gasteiger partial charge in [0, 0.05) is 36.4 Å². The summed E-state index contributed by atoms with van der Waals surface area (Å²) < 4.78 is 1.89. The summed E-state index contributed by atoms with van der Waals surface area (Å²) in [5, 5.41) is 7.42. The first-order valence-corrected chi connectivity index (χ1v) is 10.1. The van der Waals surface area contributed by atoms with E-state index >= 15 is 0 Å². The number of nitrogens with one attached hydrogen (secondary N) is 1. The Morgan fingerprint density at radius 1 is 1.07 bits per heavy atom. The number of benzene rings is 2. The standard InChI is InChI=1S/C22H22N6O2/c1-15-20-24-19(16-6-3-2-4-7-16)25-28(20)13-12-26(15)21(29)17-8-5-9-18(14-17)27-11-10-23-22(27)30/h2-9,14-15H,10-13H2,1H3,(H,23,30)/t15-/m0/s1. The molecule has 3 amide bonds. The van der Waals surface area contributed by atoms with Crippen LogP contribution in [0.5, 0.6) is 0 Å². The predicted octanol–water partition coefficient (Wildman–Crippen LogP) is 2.69. The maximum absolute atomic E-state index is 13.3. The van der Waals surface area contributed by atoms with Crippen LogP contribution in [0, 0.1) is 0 Å². The van der Waals surface area contributed by atoms with Gasteiger partial charge in [-0.2, -0.15) is 5.10 Å². The summed E-state index contributed by atoms with van der Waals surface area (Å²) in [5.74, 6) is 1.39. The molecule has 0 bridgehead atoms. The van der Waals surface area contributed by atoms with Crippen LogP contribution in [0.2, 0.25) is 0 Å². The molecule has 3 heterocycles. The van der Waals surface area contributed by atoms with Crippen LogP contribution >= 0.6 is 0 Å². The SMILES string of the molecule is C[C@H]1c2nc(-c3ccccc3)nn2CCN1C(=O)c1cccc(N2CCNC2=O)c1. The minimum Gasteiger partial charge on any atom is -0.336 e. The summed E-state index contributed by atoms with van der Waals surface area (Å²) in [6, 6.07) is 16.8. The second-order valence-corrected chi connectivity index (χ2v) is 7.49. The van der Waals surface area contributed by atoms with Crippen LogP contribution in [-0.2, 0) is 6.54 Å². The zero-order chi connectivity index (χ0) is 20.7.